The normalized spacial score (nSPS) is 15.2. The Labute approximate surface area is 153 Å². The highest BCUT2D eigenvalue weighted by Gasteiger charge is 2.26. The third-order valence-corrected chi connectivity index (χ3v) is 5.60. The van der Waals surface area contributed by atoms with Crippen LogP contribution in [0.5, 0.6) is 0 Å². The number of thiazole rings is 1. The van der Waals surface area contributed by atoms with Crippen molar-refractivity contribution in [1.82, 2.24) is 14.8 Å². The van der Waals surface area contributed by atoms with Crippen molar-refractivity contribution in [2.75, 3.05) is 5.32 Å². The predicted molar refractivity (Wildman–Crippen MR) is 98.9 cm³/mol. The van der Waals surface area contributed by atoms with E-state index in [2.05, 4.69) is 15.4 Å². The molecule has 2 N–H and O–H groups in total. The fourth-order valence-corrected chi connectivity index (χ4v) is 4.28. The van der Waals surface area contributed by atoms with Crippen LogP contribution in [-0.4, -0.2) is 31.7 Å². The van der Waals surface area contributed by atoms with Gasteiger partial charge in [-0.15, -0.1) is 0 Å². The van der Waals surface area contributed by atoms with Crippen molar-refractivity contribution >= 4 is 38.7 Å². The van der Waals surface area contributed by atoms with Gasteiger partial charge in [0.15, 0.2) is 16.5 Å². The highest BCUT2D eigenvalue weighted by atomic mass is 32.1. The van der Waals surface area contributed by atoms with E-state index in [1.807, 2.05) is 6.07 Å². The van der Waals surface area contributed by atoms with Crippen LogP contribution in [0.1, 0.15) is 59.0 Å². The van der Waals surface area contributed by atoms with Gasteiger partial charge >= 0.3 is 5.97 Å². The van der Waals surface area contributed by atoms with Gasteiger partial charge in [0.25, 0.3) is 5.91 Å². The summed E-state index contributed by atoms with van der Waals surface area (Å²) in [5.41, 5.74) is 1.07. The van der Waals surface area contributed by atoms with E-state index in [0.717, 1.165) is 37.0 Å². The molecule has 0 bridgehead atoms. The monoisotopic (exact) mass is 370 g/mol. The molecule has 0 radical (unpaired) electrons. The number of carboxylic acid groups (broad SMARTS) is 1. The van der Waals surface area contributed by atoms with Crippen molar-refractivity contribution in [2.24, 2.45) is 0 Å². The fourth-order valence-electron chi connectivity index (χ4n) is 3.35. The smallest absolute Gasteiger partial charge is 0.357 e. The number of anilines is 1. The number of hydrogen-bond acceptors (Lipinski definition) is 5. The Hall–Kier alpha value is -2.74. The van der Waals surface area contributed by atoms with E-state index in [-0.39, 0.29) is 17.6 Å². The summed E-state index contributed by atoms with van der Waals surface area (Å²) >= 11 is 1.15. The van der Waals surface area contributed by atoms with Gasteiger partial charge in [0.2, 0.25) is 0 Å². The number of nitrogens with zero attached hydrogens (tertiary/aromatic N) is 3. The van der Waals surface area contributed by atoms with E-state index >= 15 is 0 Å². The van der Waals surface area contributed by atoms with E-state index in [4.69, 9.17) is 0 Å². The van der Waals surface area contributed by atoms with Crippen molar-refractivity contribution in [2.45, 2.75) is 38.1 Å². The molecule has 1 fully saturated rings. The lowest BCUT2D eigenvalue weighted by Gasteiger charge is -2.21. The first-order chi connectivity index (χ1) is 12.6. The van der Waals surface area contributed by atoms with Gasteiger partial charge in [0, 0.05) is 5.56 Å². The first-order valence-corrected chi connectivity index (χ1v) is 9.44. The predicted octanol–water partition coefficient (Wildman–Crippen LogP) is 3.95. The second-order valence-electron chi connectivity index (χ2n) is 6.38. The van der Waals surface area contributed by atoms with Crippen LogP contribution in [0.25, 0.3) is 10.3 Å². The molecule has 1 aliphatic carbocycles. The lowest BCUT2D eigenvalue weighted by Crippen LogP contribution is -2.15. The molecule has 8 heteroatoms. The Balaban J connectivity index is 1.69. The van der Waals surface area contributed by atoms with E-state index in [1.165, 1.54) is 6.42 Å². The van der Waals surface area contributed by atoms with Gasteiger partial charge in [-0.2, -0.15) is 10.1 Å². The van der Waals surface area contributed by atoms with Crippen molar-refractivity contribution in [3.05, 3.63) is 41.6 Å². The summed E-state index contributed by atoms with van der Waals surface area (Å²) < 4.78 is 2.25. The number of rotatable bonds is 4. The molecule has 1 aromatic carbocycles. The minimum atomic E-state index is -1.07. The van der Waals surface area contributed by atoms with Gasteiger partial charge in [-0.25, -0.2) is 9.48 Å². The molecule has 4 rings (SSSR count). The van der Waals surface area contributed by atoms with Crippen LogP contribution in [0.2, 0.25) is 0 Å². The highest BCUT2D eigenvalue weighted by molar-refractivity contribution is 7.22. The Morgan fingerprint density at radius 2 is 1.88 bits per heavy atom. The molecule has 0 unspecified atom stereocenters. The molecule has 1 saturated carbocycles. The number of carboxylic acids is 1. The van der Waals surface area contributed by atoms with Crippen molar-refractivity contribution < 1.29 is 14.7 Å². The minimum absolute atomic E-state index is 0.00304. The zero-order chi connectivity index (χ0) is 18.1. The molecule has 3 aromatic rings. The zero-order valence-corrected chi connectivity index (χ0v) is 14.8. The number of amides is 1. The SMILES string of the molecule is O=C(Nc1nc2c(s1)c(C(=O)O)nn2C1CCCCC1)c1ccccc1. The topological polar surface area (TPSA) is 97.1 Å². The van der Waals surface area contributed by atoms with Crippen LogP contribution in [-0.2, 0) is 0 Å². The van der Waals surface area contributed by atoms with Crippen molar-refractivity contribution in [1.29, 1.82) is 0 Å². The van der Waals surface area contributed by atoms with Gasteiger partial charge in [-0.05, 0) is 25.0 Å². The maximum Gasteiger partial charge on any atom is 0.357 e. The molecule has 1 amide bonds. The maximum atomic E-state index is 12.3. The molecule has 0 atom stereocenters. The summed E-state index contributed by atoms with van der Waals surface area (Å²) in [4.78, 5) is 28.4. The molecule has 7 nitrogen and oxygen atoms in total. The van der Waals surface area contributed by atoms with Crippen LogP contribution in [0.3, 0.4) is 0 Å². The fraction of sp³-hybridized carbons (Fsp3) is 0.333. The third-order valence-electron chi connectivity index (χ3n) is 4.63. The van der Waals surface area contributed by atoms with Gasteiger partial charge in [0.05, 0.1) is 6.04 Å². The summed E-state index contributed by atoms with van der Waals surface area (Å²) in [5.74, 6) is -1.34. The first kappa shape index (κ1) is 16.7. The molecule has 1 aliphatic rings. The number of hydrogen-bond donors (Lipinski definition) is 2. The second-order valence-corrected chi connectivity index (χ2v) is 7.38. The summed E-state index contributed by atoms with van der Waals surface area (Å²) in [7, 11) is 0. The Morgan fingerprint density at radius 1 is 1.15 bits per heavy atom. The lowest BCUT2D eigenvalue weighted by molar-refractivity contribution is 0.0691. The number of fused-ring (bicyclic) bond motifs is 1. The summed E-state index contributed by atoms with van der Waals surface area (Å²) in [6.45, 7) is 0. The van der Waals surface area contributed by atoms with Crippen molar-refractivity contribution in [3.8, 4) is 0 Å². The van der Waals surface area contributed by atoms with Crippen molar-refractivity contribution in [3.63, 3.8) is 0 Å². The van der Waals surface area contributed by atoms with Crippen LogP contribution in [0, 0.1) is 0 Å². The molecule has 26 heavy (non-hydrogen) atoms. The number of carbonyl (C=O) groups excluding carboxylic acids is 1. The average Bonchev–Trinajstić information content (AvgIpc) is 3.21. The molecule has 134 valence electrons. The molecular formula is C18H18N4O3S. The molecule has 0 saturated heterocycles. The standard InChI is InChI=1S/C18H18N4O3S/c23-16(11-7-3-1-4-8-11)20-18-19-15-14(26-18)13(17(24)25)21-22(15)12-9-5-2-6-10-12/h1,3-4,7-8,12H,2,5-6,9-10H2,(H,24,25)(H,19,20,23). The summed E-state index contributed by atoms with van der Waals surface area (Å²) in [6.07, 6.45) is 5.35. The lowest BCUT2D eigenvalue weighted by atomic mass is 9.96. The quantitative estimate of drug-likeness (QED) is 0.725. The van der Waals surface area contributed by atoms with Gasteiger partial charge < -0.3 is 5.11 Å². The van der Waals surface area contributed by atoms with Crippen LogP contribution in [0.4, 0.5) is 5.13 Å². The average molecular weight is 370 g/mol. The van der Waals surface area contributed by atoms with E-state index in [1.54, 1.807) is 28.9 Å². The Bertz CT molecular complexity index is 958. The number of aromatic nitrogens is 3. The Kier molecular flexibility index (Phi) is 4.42. The van der Waals surface area contributed by atoms with Gasteiger partial charge in [-0.3, -0.25) is 10.1 Å². The maximum absolute atomic E-state index is 12.3. The number of aromatic carboxylic acids is 1. The van der Waals surface area contributed by atoms with Gasteiger partial charge in [0.1, 0.15) is 4.70 Å². The summed E-state index contributed by atoms with van der Waals surface area (Å²) in [5, 5.41) is 16.9. The number of nitrogens with one attached hydrogen (secondary N) is 1. The second kappa shape index (κ2) is 6.87. The minimum Gasteiger partial charge on any atom is -0.476 e. The molecular weight excluding hydrogens is 352 g/mol. The number of benzene rings is 1. The Morgan fingerprint density at radius 3 is 2.58 bits per heavy atom. The van der Waals surface area contributed by atoms with E-state index < -0.39 is 5.97 Å². The molecule has 0 aliphatic heterocycles. The third kappa shape index (κ3) is 3.08. The zero-order valence-electron chi connectivity index (χ0n) is 14.0. The molecule has 0 spiro atoms. The van der Waals surface area contributed by atoms with Crippen LogP contribution in [0.15, 0.2) is 30.3 Å². The highest BCUT2D eigenvalue weighted by Crippen LogP contribution is 2.35. The largest absolute Gasteiger partial charge is 0.476 e. The van der Waals surface area contributed by atoms with E-state index in [0.29, 0.717) is 21.0 Å². The molecule has 2 aromatic heterocycles. The van der Waals surface area contributed by atoms with Gasteiger partial charge in [-0.1, -0.05) is 48.8 Å². The number of carbonyl (C=O) groups is 2. The van der Waals surface area contributed by atoms with E-state index in [9.17, 15) is 14.7 Å². The summed E-state index contributed by atoms with van der Waals surface area (Å²) in [6, 6.07) is 9.02. The van der Waals surface area contributed by atoms with Crippen LogP contribution >= 0.6 is 11.3 Å². The first-order valence-electron chi connectivity index (χ1n) is 8.62. The van der Waals surface area contributed by atoms with Crippen LogP contribution < -0.4 is 5.32 Å². The molecule has 2 heterocycles.